The molecule has 2 heterocycles. The summed E-state index contributed by atoms with van der Waals surface area (Å²) in [7, 11) is 0. The fraction of sp³-hybridized carbons (Fsp3) is 0.200. The largest absolute Gasteiger partial charge is 0.457 e. The lowest BCUT2D eigenvalue weighted by atomic mass is 10.1. The van der Waals surface area contributed by atoms with Crippen LogP contribution in [0.5, 0.6) is 0 Å². The van der Waals surface area contributed by atoms with Crippen molar-refractivity contribution in [1.82, 2.24) is 0 Å². The van der Waals surface area contributed by atoms with Crippen molar-refractivity contribution < 1.29 is 4.42 Å². The number of hydrogen-bond acceptors (Lipinski definition) is 3. The van der Waals surface area contributed by atoms with E-state index in [1.165, 1.54) is 5.56 Å². The maximum absolute atomic E-state index is 6.32. The van der Waals surface area contributed by atoms with Crippen molar-refractivity contribution in [3.63, 3.8) is 0 Å². The van der Waals surface area contributed by atoms with Gasteiger partial charge in [-0.2, -0.15) is 0 Å². The maximum atomic E-state index is 6.32. The third-order valence-corrected chi connectivity index (χ3v) is 4.61. The Morgan fingerprint density at radius 3 is 2.95 bits per heavy atom. The van der Waals surface area contributed by atoms with E-state index in [1.54, 1.807) is 11.3 Å². The van der Waals surface area contributed by atoms with Crippen LogP contribution in [0, 0.1) is 0 Å². The molecule has 0 bridgehead atoms. The summed E-state index contributed by atoms with van der Waals surface area (Å²) < 4.78 is 5.83. The van der Waals surface area contributed by atoms with Crippen LogP contribution in [0.3, 0.4) is 0 Å². The first kappa shape index (κ1) is 12.7. The number of fused-ring (bicyclic) bond motifs is 1. The van der Waals surface area contributed by atoms with Gasteiger partial charge >= 0.3 is 0 Å². The second-order valence-corrected chi connectivity index (χ2v) is 5.80. The molecule has 1 atom stereocenters. The molecule has 0 aliphatic carbocycles. The lowest BCUT2D eigenvalue weighted by Crippen LogP contribution is -2.10. The topological polar surface area (TPSA) is 39.2 Å². The van der Waals surface area contributed by atoms with Crippen LogP contribution in [0.1, 0.15) is 29.2 Å². The smallest absolute Gasteiger partial charge is 0.152 e. The summed E-state index contributed by atoms with van der Waals surface area (Å²) in [5, 5.41) is 3.69. The molecule has 1 unspecified atom stereocenters. The third kappa shape index (κ3) is 2.18. The summed E-state index contributed by atoms with van der Waals surface area (Å²) in [4.78, 5) is 1.16. The minimum Gasteiger partial charge on any atom is -0.457 e. The average molecular weight is 292 g/mol. The molecule has 2 nitrogen and oxygen atoms in total. The number of nitrogens with two attached hydrogens (primary N) is 1. The highest BCUT2D eigenvalue weighted by molar-refractivity contribution is 7.10. The summed E-state index contributed by atoms with van der Waals surface area (Å²) in [5.41, 5.74) is 8.32. The number of furan rings is 1. The van der Waals surface area contributed by atoms with E-state index in [0.717, 1.165) is 22.4 Å². The highest BCUT2D eigenvalue weighted by Gasteiger charge is 2.18. The quantitative estimate of drug-likeness (QED) is 0.756. The molecule has 0 fully saturated rings. The van der Waals surface area contributed by atoms with Crippen molar-refractivity contribution in [3.05, 3.63) is 56.9 Å². The van der Waals surface area contributed by atoms with Gasteiger partial charge in [0.05, 0.1) is 11.1 Å². The number of benzene rings is 1. The first-order chi connectivity index (χ1) is 9.20. The maximum Gasteiger partial charge on any atom is 0.152 e. The van der Waals surface area contributed by atoms with E-state index < -0.39 is 0 Å². The predicted octanol–water partition coefficient (Wildman–Crippen LogP) is 4.76. The molecule has 0 amide bonds. The van der Waals surface area contributed by atoms with Crippen LogP contribution in [0.2, 0.25) is 5.02 Å². The molecule has 0 aliphatic heterocycles. The molecule has 3 aromatic rings. The SMILES string of the molecule is CCc1ccsc1C(N)c1cc2cccc(Cl)c2o1. The molecule has 0 saturated heterocycles. The fourth-order valence-electron chi connectivity index (χ4n) is 2.24. The molecule has 4 heteroatoms. The van der Waals surface area contributed by atoms with Gasteiger partial charge in [-0.15, -0.1) is 11.3 Å². The van der Waals surface area contributed by atoms with Gasteiger partial charge in [-0.3, -0.25) is 0 Å². The third-order valence-electron chi connectivity index (χ3n) is 3.27. The first-order valence-electron chi connectivity index (χ1n) is 6.20. The molecule has 98 valence electrons. The molecule has 0 saturated carbocycles. The molecule has 19 heavy (non-hydrogen) atoms. The van der Waals surface area contributed by atoms with Crippen molar-refractivity contribution in [2.45, 2.75) is 19.4 Å². The molecular formula is C15H14ClNOS. The van der Waals surface area contributed by atoms with Crippen LogP contribution in [-0.4, -0.2) is 0 Å². The summed E-state index contributed by atoms with van der Waals surface area (Å²) >= 11 is 7.80. The molecule has 3 rings (SSSR count). The molecule has 0 radical (unpaired) electrons. The number of halogens is 1. The normalized spacial score (nSPS) is 13.0. The fourth-order valence-corrected chi connectivity index (χ4v) is 3.47. The van der Waals surface area contributed by atoms with E-state index >= 15 is 0 Å². The van der Waals surface area contributed by atoms with E-state index in [-0.39, 0.29) is 6.04 Å². The zero-order chi connectivity index (χ0) is 13.4. The second kappa shape index (κ2) is 5.00. The summed E-state index contributed by atoms with van der Waals surface area (Å²) in [6.07, 6.45) is 0.980. The highest BCUT2D eigenvalue weighted by atomic mass is 35.5. The highest BCUT2D eigenvalue weighted by Crippen LogP contribution is 2.33. The Morgan fingerprint density at radius 1 is 1.37 bits per heavy atom. The van der Waals surface area contributed by atoms with Gasteiger partial charge in [0, 0.05) is 10.3 Å². The van der Waals surface area contributed by atoms with Crippen LogP contribution in [-0.2, 0) is 6.42 Å². The lowest BCUT2D eigenvalue weighted by molar-refractivity contribution is 0.527. The Hall–Kier alpha value is -1.29. The number of para-hydroxylation sites is 1. The van der Waals surface area contributed by atoms with Crippen LogP contribution >= 0.6 is 22.9 Å². The first-order valence-corrected chi connectivity index (χ1v) is 7.46. The number of aryl methyl sites for hydroxylation is 1. The van der Waals surface area contributed by atoms with Crippen molar-refractivity contribution in [3.8, 4) is 0 Å². The van der Waals surface area contributed by atoms with Crippen molar-refractivity contribution in [1.29, 1.82) is 0 Å². The Bertz CT molecular complexity index is 716. The van der Waals surface area contributed by atoms with E-state index in [2.05, 4.69) is 18.4 Å². The van der Waals surface area contributed by atoms with E-state index in [9.17, 15) is 0 Å². The zero-order valence-corrected chi connectivity index (χ0v) is 12.1. The molecule has 0 spiro atoms. The zero-order valence-electron chi connectivity index (χ0n) is 10.5. The minimum absolute atomic E-state index is 0.224. The van der Waals surface area contributed by atoms with Gasteiger partial charge in [0.1, 0.15) is 5.76 Å². The molecule has 0 aliphatic rings. The minimum atomic E-state index is -0.224. The van der Waals surface area contributed by atoms with E-state index in [0.29, 0.717) is 10.6 Å². The molecule has 2 aromatic heterocycles. The summed E-state index contributed by atoms with van der Waals surface area (Å²) in [6.45, 7) is 2.13. The number of thiophene rings is 1. The number of rotatable bonds is 3. The van der Waals surface area contributed by atoms with Gasteiger partial charge in [0.15, 0.2) is 5.58 Å². The van der Waals surface area contributed by atoms with Gasteiger partial charge < -0.3 is 10.2 Å². The lowest BCUT2D eigenvalue weighted by Gasteiger charge is -2.08. The molecule has 1 aromatic carbocycles. The average Bonchev–Trinajstić information content (AvgIpc) is 3.04. The Labute approximate surface area is 120 Å². The standard InChI is InChI=1S/C15H14ClNOS/c1-2-9-6-7-19-15(9)13(17)12-8-10-4-3-5-11(16)14(10)18-12/h3-8,13H,2,17H2,1H3. The van der Waals surface area contributed by atoms with Crippen molar-refractivity contribution in [2.24, 2.45) is 5.73 Å². The molecular weight excluding hydrogens is 278 g/mol. The van der Waals surface area contributed by atoms with Crippen LogP contribution < -0.4 is 5.73 Å². The van der Waals surface area contributed by atoms with Gasteiger partial charge in [-0.05, 0) is 35.6 Å². The van der Waals surface area contributed by atoms with Crippen LogP contribution in [0.4, 0.5) is 0 Å². The van der Waals surface area contributed by atoms with Crippen molar-refractivity contribution >= 4 is 33.9 Å². The predicted molar refractivity (Wildman–Crippen MR) is 81.0 cm³/mol. The monoisotopic (exact) mass is 291 g/mol. The van der Waals surface area contributed by atoms with E-state index in [1.807, 2.05) is 24.3 Å². The van der Waals surface area contributed by atoms with Gasteiger partial charge in [0.25, 0.3) is 0 Å². The van der Waals surface area contributed by atoms with E-state index in [4.69, 9.17) is 21.8 Å². The second-order valence-electron chi connectivity index (χ2n) is 4.45. The molecule has 2 N–H and O–H groups in total. The Balaban J connectivity index is 2.07. The number of hydrogen-bond donors (Lipinski definition) is 1. The Morgan fingerprint density at radius 2 is 2.21 bits per heavy atom. The van der Waals surface area contributed by atoms with Gasteiger partial charge in [0.2, 0.25) is 0 Å². The van der Waals surface area contributed by atoms with Gasteiger partial charge in [-0.1, -0.05) is 30.7 Å². The van der Waals surface area contributed by atoms with Crippen molar-refractivity contribution in [2.75, 3.05) is 0 Å². The summed E-state index contributed by atoms with van der Waals surface area (Å²) in [5.74, 6) is 0.764. The van der Waals surface area contributed by atoms with Crippen LogP contribution in [0.25, 0.3) is 11.0 Å². The van der Waals surface area contributed by atoms with Gasteiger partial charge in [-0.25, -0.2) is 0 Å². The summed E-state index contributed by atoms with van der Waals surface area (Å²) in [6, 6.07) is 9.60. The van der Waals surface area contributed by atoms with Crippen LogP contribution in [0.15, 0.2) is 40.1 Å². The Kier molecular flexibility index (Phi) is 3.35.